The summed E-state index contributed by atoms with van der Waals surface area (Å²) < 4.78 is 51.9. The molecule has 0 saturated heterocycles. The van der Waals surface area contributed by atoms with E-state index >= 15 is 0 Å². The lowest BCUT2D eigenvalue weighted by Gasteiger charge is -2.10. The molecule has 0 aliphatic heterocycles. The minimum atomic E-state index is -4.41. The van der Waals surface area contributed by atoms with Crippen molar-refractivity contribution in [3.05, 3.63) is 101 Å². The normalized spacial score (nSPS) is 11.2. The number of benzene rings is 3. The van der Waals surface area contributed by atoms with Crippen molar-refractivity contribution in [1.82, 2.24) is 5.32 Å². The topological polar surface area (TPSA) is 41.1 Å². The summed E-state index contributed by atoms with van der Waals surface area (Å²) in [5, 5.41) is 5.74. The number of hydrogen-bond acceptors (Lipinski definition) is 2. The molecule has 7 heteroatoms. The fourth-order valence-electron chi connectivity index (χ4n) is 2.89. The van der Waals surface area contributed by atoms with Gasteiger partial charge < -0.3 is 10.6 Å². The lowest BCUT2D eigenvalue weighted by Crippen LogP contribution is -2.24. The first-order valence-electron chi connectivity index (χ1n) is 9.30. The predicted octanol–water partition coefficient (Wildman–Crippen LogP) is 5.32. The Labute approximate surface area is 171 Å². The van der Waals surface area contributed by atoms with Crippen LogP contribution in [0.4, 0.5) is 23.2 Å². The Morgan fingerprint density at radius 2 is 1.57 bits per heavy atom. The van der Waals surface area contributed by atoms with Gasteiger partial charge in [0.2, 0.25) is 5.91 Å². The maximum atomic E-state index is 13.6. The average molecular weight is 416 g/mol. The molecule has 1 amide bonds. The summed E-state index contributed by atoms with van der Waals surface area (Å²) in [6, 6.07) is 18.5. The Balaban J connectivity index is 1.49. The predicted molar refractivity (Wildman–Crippen MR) is 107 cm³/mol. The van der Waals surface area contributed by atoms with Crippen LogP contribution < -0.4 is 10.6 Å². The third kappa shape index (κ3) is 6.07. The quantitative estimate of drug-likeness (QED) is 0.512. The standard InChI is InChI=1S/C23H20F4N2O/c24-21-7-2-1-5-18(21)15-28-20-10-8-16(9-11-20)13-22(30)29-14-17-4-3-6-19(12-17)23(25,26)27/h1-12,28H,13-15H2,(H,29,30). The number of amides is 1. The van der Waals surface area contributed by atoms with Crippen molar-refractivity contribution in [2.75, 3.05) is 5.32 Å². The maximum Gasteiger partial charge on any atom is 0.416 e. The molecule has 0 fully saturated rings. The fraction of sp³-hybridized carbons (Fsp3) is 0.174. The Kier molecular flexibility index (Phi) is 6.72. The molecule has 0 aliphatic carbocycles. The van der Waals surface area contributed by atoms with Gasteiger partial charge in [-0.3, -0.25) is 4.79 Å². The average Bonchev–Trinajstić information content (AvgIpc) is 2.72. The number of nitrogens with one attached hydrogen (secondary N) is 2. The number of anilines is 1. The molecule has 0 saturated carbocycles. The molecule has 156 valence electrons. The SMILES string of the molecule is O=C(Cc1ccc(NCc2ccccc2F)cc1)NCc1cccc(C(F)(F)F)c1. The van der Waals surface area contributed by atoms with Crippen LogP contribution in [0, 0.1) is 5.82 Å². The second kappa shape index (κ2) is 9.43. The fourth-order valence-corrected chi connectivity index (χ4v) is 2.89. The zero-order valence-electron chi connectivity index (χ0n) is 16.0. The highest BCUT2D eigenvalue weighted by molar-refractivity contribution is 5.78. The lowest BCUT2D eigenvalue weighted by molar-refractivity contribution is -0.137. The number of halogens is 4. The van der Waals surface area contributed by atoms with Gasteiger partial charge in [-0.05, 0) is 41.5 Å². The van der Waals surface area contributed by atoms with Crippen molar-refractivity contribution in [1.29, 1.82) is 0 Å². The van der Waals surface area contributed by atoms with E-state index in [4.69, 9.17) is 0 Å². The van der Waals surface area contributed by atoms with Gasteiger partial charge in [-0.15, -0.1) is 0 Å². The van der Waals surface area contributed by atoms with E-state index in [1.54, 1.807) is 42.5 Å². The van der Waals surface area contributed by atoms with Crippen molar-refractivity contribution in [3.8, 4) is 0 Å². The number of carbonyl (C=O) groups is 1. The van der Waals surface area contributed by atoms with E-state index in [0.29, 0.717) is 17.7 Å². The van der Waals surface area contributed by atoms with Gasteiger partial charge in [-0.25, -0.2) is 4.39 Å². The highest BCUT2D eigenvalue weighted by Crippen LogP contribution is 2.29. The zero-order chi connectivity index (χ0) is 21.6. The van der Waals surface area contributed by atoms with Crippen LogP contribution in [0.3, 0.4) is 0 Å². The van der Waals surface area contributed by atoms with Crippen LogP contribution >= 0.6 is 0 Å². The lowest BCUT2D eigenvalue weighted by atomic mass is 10.1. The number of rotatable bonds is 7. The van der Waals surface area contributed by atoms with Crippen molar-refractivity contribution >= 4 is 11.6 Å². The summed E-state index contributed by atoms with van der Waals surface area (Å²) in [6.45, 7) is 0.356. The first-order valence-corrected chi connectivity index (χ1v) is 9.30. The molecule has 3 aromatic carbocycles. The van der Waals surface area contributed by atoms with Crippen molar-refractivity contribution in [3.63, 3.8) is 0 Å². The molecule has 3 rings (SSSR count). The van der Waals surface area contributed by atoms with Crippen molar-refractivity contribution in [2.45, 2.75) is 25.7 Å². The van der Waals surface area contributed by atoms with E-state index in [2.05, 4.69) is 10.6 Å². The number of carbonyl (C=O) groups excluding carboxylic acids is 1. The second-order valence-electron chi connectivity index (χ2n) is 6.79. The van der Waals surface area contributed by atoms with Crippen molar-refractivity contribution in [2.24, 2.45) is 0 Å². The van der Waals surface area contributed by atoms with E-state index in [1.807, 2.05) is 0 Å². The third-order valence-electron chi connectivity index (χ3n) is 4.50. The molecular weight excluding hydrogens is 396 g/mol. The Morgan fingerprint density at radius 1 is 0.833 bits per heavy atom. The van der Waals surface area contributed by atoms with Crippen LogP contribution in [-0.4, -0.2) is 5.91 Å². The first-order chi connectivity index (χ1) is 14.3. The maximum absolute atomic E-state index is 13.6. The molecule has 2 N–H and O–H groups in total. The van der Waals surface area contributed by atoms with E-state index in [-0.39, 0.29) is 24.7 Å². The minimum Gasteiger partial charge on any atom is -0.381 e. The number of alkyl halides is 3. The van der Waals surface area contributed by atoms with Gasteiger partial charge in [0.25, 0.3) is 0 Å². The molecule has 0 unspecified atom stereocenters. The zero-order valence-corrected chi connectivity index (χ0v) is 16.0. The first kappa shape index (κ1) is 21.4. The molecule has 3 nitrogen and oxygen atoms in total. The van der Waals surface area contributed by atoms with Crippen LogP contribution in [0.2, 0.25) is 0 Å². The summed E-state index contributed by atoms with van der Waals surface area (Å²) in [7, 11) is 0. The molecule has 0 aliphatic rings. The van der Waals surface area contributed by atoms with Crippen LogP contribution in [0.5, 0.6) is 0 Å². The number of hydrogen-bond donors (Lipinski definition) is 2. The second-order valence-corrected chi connectivity index (χ2v) is 6.79. The molecular formula is C23H20F4N2O. The summed E-state index contributed by atoms with van der Waals surface area (Å²) in [6.07, 6.45) is -4.31. The Bertz CT molecular complexity index is 1000. The van der Waals surface area contributed by atoms with Gasteiger partial charge in [-0.1, -0.05) is 42.5 Å². The molecule has 0 radical (unpaired) electrons. The van der Waals surface area contributed by atoms with Crippen LogP contribution in [-0.2, 0) is 30.5 Å². The minimum absolute atomic E-state index is 0.0189. The highest BCUT2D eigenvalue weighted by atomic mass is 19.4. The van der Waals surface area contributed by atoms with Crippen LogP contribution in [0.1, 0.15) is 22.3 Å². The Hall–Kier alpha value is -3.35. The molecule has 3 aromatic rings. The van der Waals surface area contributed by atoms with Gasteiger partial charge in [-0.2, -0.15) is 13.2 Å². The van der Waals surface area contributed by atoms with Gasteiger partial charge in [0.15, 0.2) is 0 Å². The van der Waals surface area contributed by atoms with Crippen LogP contribution in [0.25, 0.3) is 0 Å². The molecule has 0 aromatic heterocycles. The summed E-state index contributed by atoms with van der Waals surface area (Å²) in [5.74, 6) is -0.571. The van der Waals surface area contributed by atoms with Crippen molar-refractivity contribution < 1.29 is 22.4 Å². The molecule has 0 bridgehead atoms. The van der Waals surface area contributed by atoms with Crippen LogP contribution in [0.15, 0.2) is 72.8 Å². The monoisotopic (exact) mass is 416 g/mol. The molecule has 30 heavy (non-hydrogen) atoms. The van der Waals surface area contributed by atoms with E-state index in [1.165, 1.54) is 18.2 Å². The van der Waals surface area contributed by atoms with Gasteiger partial charge in [0.05, 0.1) is 12.0 Å². The molecule has 0 heterocycles. The largest absolute Gasteiger partial charge is 0.416 e. The summed E-state index contributed by atoms with van der Waals surface area (Å²) in [4.78, 5) is 12.1. The van der Waals surface area contributed by atoms with E-state index in [9.17, 15) is 22.4 Å². The summed E-state index contributed by atoms with van der Waals surface area (Å²) in [5.41, 5.74) is 1.73. The smallest absolute Gasteiger partial charge is 0.381 e. The highest BCUT2D eigenvalue weighted by Gasteiger charge is 2.30. The Morgan fingerprint density at radius 3 is 2.27 bits per heavy atom. The van der Waals surface area contributed by atoms with E-state index < -0.39 is 11.7 Å². The van der Waals surface area contributed by atoms with Gasteiger partial charge >= 0.3 is 6.18 Å². The third-order valence-corrected chi connectivity index (χ3v) is 4.50. The molecule has 0 atom stereocenters. The summed E-state index contributed by atoms with van der Waals surface area (Å²) >= 11 is 0. The van der Waals surface area contributed by atoms with Gasteiger partial charge in [0.1, 0.15) is 5.82 Å². The van der Waals surface area contributed by atoms with E-state index in [0.717, 1.165) is 23.4 Å². The van der Waals surface area contributed by atoms with Gasteiger partial charge in [0, 0.05) is 24.3 Å². The molecule has 0 spiro atoms.